The Morgan fingerprint density at radius 1 is 0.526 bits per heavy atom. The second-order valence-corrected chi connectivity index (χ2v) is 26.6. The van der Waals surface area contributed by atoms with E-state index in [1.807, 2.05) is 6.92 Å². The number of aliphatic hydroxyl groups excluding tert-OH is 13. The fourth-order valence-electron chi connectivity index (χ4n) is 17.2. The normalized spacial score (nSPS) is 58.7. The van der Waals surface area contributed by atoms with Crippen LogP contribution < -0.4 is 0 Å². The minimum absolute atomic E-state index is 0.0115. The predicted molar refractivity (Wildman–Crippen MR) is 261 cm³/mol. The Morgan fingerprint density at radius 2 is 1.09 bits per heavy atom. The van der Waals surface area contributed by atoms with Crippen molar-refractivity contribution in [1.29, 1.82) is 0 Å². The second kappa shape index (κ2) is 20.3. The van der Waals surface area contributed by atoms with Gasteiger partial charge in [-0.2, -0.15) is 0 Å². The molecular weight excluding hydrogens is 1000 g/mol. The molecule has 1 spiro atoms. The maximum atomic E-state index is 12.3. The molecule has 13 N–H and O–H groups in total. The van der Waals surface area contributed by atoms with E-state index in [2.05, 4.69) is 46.8 Å². The number of hydrogen-bond acceptors (Lipinski definition) is 22. The van der Waals surface area contributed by atoms with Crippen LogP contribution >= 0.6 is 0 Å². The maximum Gasteiger partial charge on any atom is 0.187 e. The monoisotopic (exact) mass is 1090 g/mol. The summed E-state index contributed by atoms with van der Waals surface area (Å²) in [5.74, 6) is 0.0187. The second-order valence-electron chi connectivity index (χ2n) is 26.6. The fourth-order valence-corrected chi connectivity index (χ4v) is 17.2. The van der Waals surface area contributed by atoms with Gasteiger partial charge in [-0.05, 0) is 93.3 Å². The van der Waals surface area contributed by atoms with Crippen molar-refractivity contribution in [3.05, 3.63) is 12.2 Å². The van der Waals surface area contributed by atoms with Crippen LogP contribution in [0.3, 0.4) is 0 Å². The fraction of sp³-hybridized carbons (Fsp3) is 0.963. The van der Waals surface area contributed by atoms with Crippen LogP contribution in [0.2, 0.25) is 0 Å². The maximum absolute atomic E-state index is 12.3. The van der Waals surface area contributed by atoms with E-state index in [0.717, 1.165) is 25.7 Å². The molecule has 31 atom stereocenters. The van der Waals surface area contributed by atoms with Crippen molar-refractivity contribution in [2.45, 2.75) is 247 Å². The van der Waals surface area contributed by atoms with Crippen LogP contribution in [-0.2, 0) is 42.6 Å². The molecule has 0 radical (unpaired) electrons. The zero-order chi connectivity index (χ0) is 55.2. The molecule has 5 heterocycles. The van der Waals surface area contributed by atoms with Crippen LogP contribution in [0.25, 0.3) is 0 Å². The van der Waals surface area contributed by atoms with E-state index in [1.165, 1.54) is 13.8 Å². The van der Waals surface area contributed by atoms with Gasteiger partial charge >= 0.3 is 0 Å². The van der Waals surface area contributed by atoms with Crippen molar-refractivity contribution in [3.63, 3.8) is 0 Å². The molecule has 9 fully saturated rings. The summed E-state index contributed by atoms with van der Waals surface area (Å²) in [5, 5.41) is 145. The zero-order valence-electron chi connectivity index (χ0n) is 45.1. The summed E-state index contributed by atoms with van der Waals surface area (Å²) in [6.45, 7) is 15.0. The highest BCUT2D eigenvalue weighted by atomic mass is 16.8. The lowest BCUT2D eigenvalue weighted by Gasteiger charge is -2.73. The molecule has 0 aromatic rings. The van der Waals surface area contributed by atoms with E-state index in [9.17, 15) is 66.4 Å². The van der Waals surface area contributed by atoms with Crippen LogP contribution in [0, 0.1) is 50.2 Å². The van der Waals surface area contributed by atoms with E-state index in [4.69, 9.17) is 42.6 Å². The molecule has 5 aliphatic carbocycles. The molecule has 10 aliphatic rings. The number of rotatable bonds is 11. The summed E-state index contributed by atoms with van der Waals surface area (Å²) in [5.41, 5.74) is -2.85. The Bertz CT molecular complexity index is 2100. The van der Waals surface area contributed by atoms with Crippen molar-refractivity contribution in [2.24, 2.45) is 50.2 Å². The quantitative estimate of drug-likeness (QED) is 0.0823. The Morgan fingerprint density at radius 3 is 1.70 bits per heavy atom. The predicted octanol–water partition coefficient (Wildman–Crippen LogP) is -1.55. The van der Waals surface area contributed by atoms with Crippen molar-refractivity contribution in [3.8, 4) is 0 Å². The van der Waals surface area contributed by atoms with Gasteiger partial charge < -0.3 is 109 Å². The molecule has 22 heteroatoms. The van der Waals surface area contributed by atoms with Gasteiger partial charge in [0.25, 0.3) is 0 Å². The third-order valence-electron chi connectivity index (χ3n) is 22.1. The minimum atomic E-state index is -2.04. The standard InChI is InChI=1S/C54H88O22/c1-23-32(59)35(62)38(65)44(69-23)74-41-26(20-56)72-46(40(67)37(41)64)75-42-34(61)25(19-55)71-47(43(42)76-45-39(66)36(63)33(60)24(2)70-45)73-31-11-12-49(5)27(50(31,6)21-57)9-13-51(7)28(49)10-14-54-29-17-48(3,4)15-16-53(29,22-68-54)30(58)18-52(51,54)8/h10,14,23-47,55-67H,9,11-13,15-22H2,1-8H3/t23-,24-,25+,26+,27?,28?,29+,30-,31-,32-,33-,34+,35+,36+,37+,38+,39+,40+,41+,42-,43+,44-,45-,46-,47-,49-,50-,51+,52-,53+,54-/m0/s1. The third-order valence-corrected chi connectivity index (χ3v) is 22.1. The minimum Gasteiger partial charge on any atom is -0.396 e. The van der Waals surface area contributed by atoms with Crippen LogP contribution in [0.1, 0.15) is 107 Å². The Kier molecular flexibility index (Phi) is 15.5. The van der Waals surface area contributed by atoms with E-state index in [-0.39, 0.29) is 40.6 Å². The number of hydrogen-bond donors (Lipinski definition) is 13. The lowest BCUT2D eigenvalue weighted by Crippen LogP contribution is -2.72. The van der Waals surface area contributed by atoms with Gasteiger partial charge in [-0.3, -0.25) is 0 Å². The molecular formula is C54H88O22. The first-order valence-electron chi connectivity index (χ1n) is 27.8. The molecule has 10 rings (SSSR count). The van der Waals surface area contributed by atoms with E-state index < -0.39 is 170 Å². The molecule has 2 unspecified atom stereocenters. The van der Waals surface area contributed by atoms with Crippen molar-refractivity contribution >= 4 is 0 Å². The van der Waals surface area contributed by atoms with Gasteiger partial charge in [0.05, 0.1) is 56.4 Å². The summed E-state index contributed by atoms with van der Waals surface area (Å²) in [4.78, 5) is 0. The number of aliphatic hydroxyl groups is 13. The zero-order valence-corrected chi connectivity index (χ0v) is 45.1. The first-order valence-corrected chi connectivity index (χ1v) is 27.8. The molecule has 436 valence electrons. The number of fused-ring (bicyclic) bond motifs is 4. The highest BCUT2D eigenvalue weighted by Gasteiger charge is 2.79. The van der Waals surface area contributed by atoms with E-state index in [1.54, 1.807) is 0 Å². The lowest BCUT2D eigenvalue weighted by molar-refractivity contribution is -0.404. The van der Waals surface area contributed by atoms with Gasteiger partial charge in [0.15, 0.2) is 25.2 Å². The molecule has 4 saturated carbocycles. The SMILES string of the molecule is C[C@@H]1O[C@@H](O[C@H]2[C@H](O[C@H]3CC[C@@]4(C)C(CC[C@]5(C)C4C=C[C@]46OC[C@@]7(CCC(C)(C)C[C@H]74)[C@@H](O)C[C@]65C)[C@]3(C)CO)O[C@H](CO)[C@@H](O)[C@@H]2O[C@@H]2O[C@H](CO)[C@@H](O[C@@H]3O[C@@H](C)[C@H](O)[C@@H](O)[C@H]3O)[C@H](O)[C@H]2O)[C@H](O)[C@H](O)[C@H]1O. The molecule has 0 aromatic heterocycles. The summed E-state index contributed by atoms with van der Waals surface area (Å²) in [6.07, 6.45) is -23.7. The topological polar surface area (TPSA) is 346 Å². The summed E-state index contributed by atoms with van der Waals surface area (Å²) < 4.78 is 56.4. The smallest absolute Gasteiger partial charge is 0.187 e. The average Bonchev–Trinajstić information content (AvgIpc) is 3.83. The third kappa shape index (κ3) is 8.54. The highest BCUT2D eigenvalue weighted by molar-refractivity contribution is 5.36. The Balaban J connectivity index is 0.941. The first kappa shape index (κ1) is 58.1. The molecule has 76 heavy (non-hydrogen) atoms. The van der Waals surface area contributed by atoms with Gasteiger partial charge in [0, 0.05) is 22.2 Å². The van der Waals surface area contributed by atoms with Gasteiger partial charge in [0.1, 0.15) is 85.5 Å². The van der Waals surface area contributed by atoms with Crippen LogP contribution in [0.5, 0.6) is 0 Å². The number of allylic oxidation sites excluding steroid dienone is 1. The van der Waals surface area contributed by atoms with Crippen LogP contribution in [0.15, 0.2) is 12.2 Å². The summed E-state index contributed by atoms with van der Waals surface area (Å²) in [7, 11) is 0. The van der Waals surface area contributed by atoms with Crippen molar-refractivity contribution in [2.75, 3.05) is 26.4 Å². The van der Waals surface area contributed by atoms with Gasteiger partial charge in [-0.1, -0.05) is 53.7 Å². The van der Waals surface area contributed by atoms with Crippen LogP contribution in [-0.4, -0.2) is 233 Å². The van der Waals surface area contributed by atoms with Gasteiger partial charge in [-0.25, -0.2) is 0 Å². The number of ether oxygens (including phenoxy) is 9. The van der Waals surface area contributed by atoms with Crippen molar-refractivity contribution in [1.82, 2.24) is 0 Å². The Hall–Kier alpha value is -1.14. The van der Waals surface area contributed by atoms with Gasteiger partial charge in [0.2, 0.25) is 0 Å². The highest BCUT2D eigenvalue weighted by Crippen LogP contribution is 2.79. The van der Waals surface area contributed by atoms with Gasteiger partial charge in [-0.15, -0.1) is 0 Å². The molecule has 0 amide bonds. The molecule has 5 saturated heterocycles. The average molecular weight is 1090 g/mol. The lowest BCUT2D eigenvalue weighted by atomic mass is 9.32. The molecule has 0 aromatic carbocycles. The molecule has 22 nitrogen and oxygen atoms in total. The summed E-state index contributed by atoms with van der Waals surface area (Å²) >= 11 is 0. The van der Waals surface area contributed by atoms with Crippen molar-refractivity contribution < 1.29 is 109 Å². The van der Waals surface area contributed by atoms with E-state index >= 15 is 0 Å². The molecule has 2 bridgehead atoms. The Labute approximate surface area is 444 Å². The first-order chi connectivity index (χ1) is 35.6. The largest absolute Gasteiger partial charge is 0.396 e. The summed E-state index contributed by atoms with van der Waals surface area (Å²) in [6, 6.07) is 0. The molecule has 5 aliphatic heterocycles. The van der Waals surface area contributed by atoms with Crippen LogP contribution in [0.4, 0.5) is 0 Å². The van der Waals surface area contributed by atoms with E-state index in [0.29, 0.717) is 32.3 Å².